The molecule has 140 valence electrons. The van der Waals surface area contributed by atoms with E-state index in [-0.39, 0.29) is 24.0 Å². The van der Waals surface area contributed by atoms with Crippen molar-refractivity contribution in [3.63, 3.8) is 0 Å². The van der Waals surface area contributed by atoms with Crippen LogP contribution in [0.25, 0.3) is 0 Å². The minimum absolute atomic E-state index is 0. The number of hydrogen-bond donors (Lipinski definition) is 1. The molecule has 2 aliphatic rings. The summed E-state index contributed by atoms with van der Waals surface area (Å²) in [5, 5.41) is 0. The van der Waals surface area contributed by atoms with E-state index in [0.717, 1.165) is 37.9 Å². The molecule has 2 saturated heterocycles. The highest BCUT2D eigenvalue weighted by Crippen LogP contribution is 2.19. The van der Waals surface area contributed by atoms with Crippen LogP contribution >= 0.6 is 24.0 Å². The Morgan fingerprint density at radius 3 is 2.52 bits per heavy atom. The van der Waals surface area contributed by atoms with E-state index in [9.17, 15) is 0 Å². The summed E-state index contributed by atoms with van der Waals surface area (Å²) in [6, 6.07) is 4.23. The predicted molar refractivity (Wildman–Crippen MR) is 116 cm³/mol. The van der Waals surface area contributed by atoms with Gasteiger partial charge in [0.05, 0.1) is 6.54 Å². The predicted octanol–water partition coefficient (Wildman–Crippen LogP) is 3.63. The van der Waals surface area contributed by atoms with Gasteiger partial charge in [-0.05, 0) is 49.3 Å². The van der Waals surface area contributed by atoms with Gasteiger partial charge in [0.25, 0.3) is 0 Å². The van der Waals surface area contributed by atoms with Gasteiger partial charge in [-0.25, -0.2) is 9.98 Å². The van der Waals surface area contributed by atoms with Gasteiger partial charge in [-0.2, -0.15) is 0 Å². The molecule has 1 aromatic heterocycles. The molecule has 0 aliphatic carbocycles. The molecule has 0 amide bonds. The third kappa shape index (κ3) is 6.01. The number of nitrogens with zero attached hydrogens (tertiary/aromatic N) is 4. The van der Waals surface area contributed by atoms with Gasteiger partial charge in [-0.1, -0.05) is 19.8 Å². The summed E-state index contributed by atoms with van der Waals surface area (Å²) in [6.45, 7) is 7.26. The number of aliphatic imine (C=N–C) groups is 1. The highest BCUT2D eigenvalue weighted by atomic mass is 127. The molecule has 0 atom stereocenters. The van der Waals surface area contributed by atoms with Crippen molar-refractivity contribution < 1.29 is 0 Å². The topological polar surface area (TPSA) is 57.8 Å². The molecule has 0 bridgehead atoms. The van der Waals surface area contributed by atoms with Crippen LogP contribution in [0.1, 0.15) is 51.0 Å². The number of rotatable bonds is 3. The summed E-state index contributed by atoms with van der Waals surface area (Å²) in [5.74, 6) is 2.59. The maximum absolute atomic E-state index is 6.19. The van der Waals surface area contributed by atoms with E-state index < -0.39 is 0 Å². The number of aromatic nitrogens is 1. The van der Waals surface area contributed by atoms with Gasteiger partial charge in [-0.3, -0.25) is 0 Å². The lowest BCUT2D eigenvalue weighted by molar-refractivity contribution is 0.277. The molecule has 1 aromatic rings. The summed E-state index contributed by atoms with van der Waals surface area (Å²) in [7, 11) is 0. The van der Waals surface area contributed by atoms with Gasteiger partial charge in [0.2, 0.25) is 0 Å². The Labute approximate surface area is 169 Å². The SMILES string of the molecule is CC1CCN(C(N)=NCc2ccnc(N3CCCCCC3)c2)CC1.I. The highest BCUT2D eigenvalue weighted by Gasteiger charge is 2.17. The fraction of sp³-hybridized carbons (Fsp3) is 0.684. The maximum Gasteiger partial charge on any atom is 0.191 e. The zero-order valence-electron chi connectivity index (χ0n) is 15.4. The zero-order chi connectivity index (χ0) is 16.8. The third-order valence-electron chi connectivity index (χ3n) is 5.27. The molecule has 5 nitrogen and oxygen atoms in total. The molecule has 0 aromatic carbocycles. The van der Waals surface area contributed by atoms with E-state index in [1.807, 2.05) is 6.20 Å². The lowest BCUT2D eigenvalue weighted by Gasteiger charge is -2.31. The summed E-state index contributed by atoms with van der Waals surface area (Å²) >= 11 is 0. The van der Waals surface area contributed by atoms with Crippen molar-refractivity contribution in [1.82, 2.24) is 9.88 Å². The molecule has 2 N–H and O–H groups in total. The molecule has 2 fully saturated rings. The van der Waals surface area contributed by atoms with E-state index in [1.54, 1.807) is 0 Å². The molecule has 0 unspecified atom stereocenters. The van der Waals surface area contributed by atoms with Crippen LogP contribution < -0.4 is 10.6 Å². The molecule has 25 heavy (non-hydrogen) atoms. The Balaban J connectivity index is 0.00000225. The fourth-order valence-corrected chi connectivity index (χ4v) is 3.54. The van der Waals surface area contributed by atoms with Crippen LogP contribution in [0, 0.1) is 5.92 Å². The van der Waals surface area contributed by atoms with Gasteiger partial charge < -0.3 is 15.5 Å². The second-order valence-corrected chi connectivity index (χ2v) is 7.27. The number of halogens is 1. The first-order chi connectivity index (χ1) is 11.7. The Kier molecular flexibility index (Phi) is 8.26. The fourth-order valence-electron chi connectivity index (χ4n) is 3.54. The molecule has 3 heterocycles. The Bertz CT molecular complexity index is 547. The minimum Gasteiger partial charge on any atom is -0.370 e. The number of nitrogens with two attached hydrogens (primary N) is 1. The number of likely N-dealkylation sites (tertiary alicyclic amines) is 1. The number of hydrogen-bond acceptors (Lipinski definition) is 3. The monoisotopic (exact) mass is 457 g/mol. The summed E-state index contributed by atoms with van der Waals surface area (Å²) in [4.78, 5) is 13.8. The van der Waals surface area contributed by atoms with Crippen LogP contribution in [0.15, 0.2) is 23.3 Å². The molecule has 0 saturated carbocycles. The van der Waals surface area contributed by atoms with Crippen LogP contribution in [-0.2, 0) is 6.54 Å². The van der Waals surface area contributed by atoms with Crippen molar-refractivity contribution in [2.75, 3.05) is 31.1 Å². The molecule has 0 spiro atoms. The van der Waals surface area contributed by atoms with E-state index in [4.69, 9.17) is 5.73 Å². The second-order valence-electron chi connectivity index (χ2n) is 7.27. The van der Waals surface area contributed by atoms with Crippen LogP contribution in [0.3, 0.4) is 0 Å². The van der Waals surface area contributed by atoms with Crippen LogP contribution in [0.5, 0.6) is 0 Å². The maximum atomic E-state index is 6.19. The van der Waals surface area contributed by atoms with Gasteiger partial charge >= 0.3 is 0 Å². The van der Waals surface area contributed by atoms with E-state index in [0.29, 0.717) is 12.5 Å². The average Bonchev–Trinajstić information content (AvgIpc) is 2.90. The first kappa shape index (κ1) is 20.3. The quantitative estimate of drug-likeness (QED) is 0.428. The standard InChI is InChI=1S/C19H31N5.HI/c1-16-7-12-24(13-8-16)19(20)22-15-17-6-9-21-18(14-17)23-10-4-2-3-5-11-23;/h6,9,14,16H,2-5,7-8,10-13,15H2,1H3,(H2,20,22);1H. The Hall–Kier alpha value is -1.05. The molecule has 0 radical (unpaired) electrons. The lowest BCUT2D eigenvalue weighted by atomic mass is 10.00. The third-order valence-corrected chi connectivity index (χ3v) is 5.27. The molecular formula is C19H32IN5. The van der Waals surface area contributed by atoms with Crippen molar-refractivity contribution in [1.29, 1.82) is 0 Å². The normalized spacial score (nSPS) is 20.1. The summed E-state index contributed by atoms with van der Waals surface area (Å²) < 4.78 is 0. The highest BCUT2D eigenvalue weighted by molar-refractivity contribution is 14.0. The summed E-state index contributed by atoms with van der Waals surface area (Å²) in [5.41, 5.74) is 7.39. The molecular weight excluding hydrogens is 425 g/mol. The first-order valence-electron chi connectivity index (χ1n) is 9.47. The average molecular weight is 457 g/mol. The van der Waals surface area contributed by atoms with Crippen LogP contribution in [0.2, 0.25) is 0 Å². The molecule has 2 aliphatic heterocycles. The zero-order valence-corrected chi connectivity index (χ0v) is 17.7. The Morgan fingerprint density at radius 2 is 1.84 bits per heavy atom. The second kappa shape index (κ2) is 10.2. The van der Waals surface area contributed by atoms with E-state index >= 15 is 0 Å². The number of anilines is 1. The van der Waals surface area contributed by atoms with Crippen LogP contribution in [0.4, 0.5) is 5.82 Å². The number of piperidine rings is 1. The van der Waals surface area contributed by atoms with Crippen molar-refractivity contribution in [3.8, 4) is 0 Å². The lowest BCUT2D eigenvalue weighted by Crippen LogP contribution is -2.42. The Morgan fingerprint density at radius 1 is 1.16 bits per heavy atom. The van der Waals surface area contributed by atoms with Gasteiger partial charge in [-0.15, -0.1) is 24.0 Å². The van der Waals surface area contributed by atoms with Crippen molar-refractivity contribution in [2.45, 2.75) is 52.0 Å². The van der Waals surface area contributed by atoms with Gasteiger partial charge in [0, 0.05) is 32.4 Å². The van der Waals surface area contributed by atoms with Crippen molar-refractivity contribution >= 4 is 35.8 Å². The smallest absolute Gasteiger partial charge is 0.191 e. The van der Waals surface area contributed by atoms with E-state index in [2.05, 4.69) is 38.8 Å². The number of guanidine groups is 1. The van der Waals surface area contributed by atoms with Crippen molar-refractivity contribution in [2.24, 2.45) is 16.6 Å². The first-order valence-corrected chi connectivity index (χ1v) is 9.47. The van der Waals surface area contributed by atoms with Crippen molar-refractivity contribution in [3.05, 3.63) is 23.9 Å². The van der Waals surface area contributed by atoms with Gasteiger partial charge in [0.15, 0.2) is 5.96 Å². The van der Waals surface area contributed by atoms with Gasteiger partial charge in [0.1, 0.15) is 5.82 Å². The number of pyridine rings is 1. The molecule has 6 heteroatoms. The minimum atomic E-state index is 0. The molecule has 3 rings (SSSR count). The van der Waals surface area contributed by atoms with Crippen LogP contribution in [-0.4, -0.2) is 42.0 Å². The van der Waals surface area contributed by atoms with E-state index in [1.165, 1.54) is 44.1 Å². The summed E-state index contributed by atoms with van der Waals surface area (Å²) in [6.07, 6.45) is 9.55. The largest absolute Gasteiger partial charge is 0.370 e.